The van der Waals surface area contributed by atoms with E-state index < -0.39 is 10.8 Å². The highest BCUT2D eigenvalue weighted by Gasteiger charge is 2.41. The molecule has 4 aromatic heterocycles. The topological polar surface area (TPSA) is 70.9 Å². The summed E-state index contributed by atoms with van der Waals surface area (Å²) in [5.41, 5.74) is 26.8. The number of hydrogen-bond acceptors (Lipinski definition) is 6. The molecule has 0 fully saturated rings. The van der Waals surface area contributed by atoms with E-state index in [1.807, 2.05) is 0 Å². The van der Waals surface area contributed by atoms with E-state index in [1.54, 1.807) is 0 Å². The van der Waals surface area contributed by atoms with Crippen LogP contribution in [0.2, 0.25) is 0 Å². The lowest BCUT2D eigenvalue weighted by Gasteiger charge is -2.37. The highest BCUT2D eigenvalue weighted by molar-refractivity contribution is 6.17. The number of ether oxygens (including phenoxy) is 6. The molecule has 0 atom stereocenters. The third kappa shape index (κ3) is 23.3. The molecule has 10 nitrogen and oxygen atoms in total. The maximum absolute atomic E-state index is 6.54. The minimum Gasteiger partial charge on any atom is -0.491 e. The SMILES string of the molecule is CC(C)(C)c1ccc(C(c2ccccc2)(c2ccc(OCCOCCOCc3ccc(C[n+]4ccc(-c5cc[n+](Cc6cc(CCl)cc(C[n+]7ccc(-c8cc[n+](Cc9ccc(COCCOCCOc%10ccc(C(c%11ccccc%11)(c%11ccc(C(C)(C)C)cc%11)c%11ccc(C(C)(C)C)cc%11)cc%10)cc9)cc8)cc7)c6)cc5)cc4)cc3)cc2)c2ccc(C(C)(C)C)cc2)cc1. The minimum absolute atomic E-state index is 0.0383. The third-order valence-corrected chi connectivity index (χ3v) is 25.3. The Hall–Kier alpha value is -12.3. The normalized spacial score (nSPS) is 12.2. The highest BCUT2D eigenvalue weighted by Crippen LogP contribution is 2.49. The molecule has 0 spiro atoms. The van der Waals surface area contributed by atoms with E-state index in [4.69, 9.17) is 40.0 Å². The third-order valence-electron chi connectivity index (χ3n) is 25.0. The average Bonchev–Trinajstić information content (AvgIpc) is 0.733. The molecule has 662 valence electrons. The van der Waals surface area contributed by atoms with Gasteiger partial charge >= 0.3 is 0 Å². The molecular weight excluding hydrogens is 1620 g/mol. The average molecular weight is 1740 g/mol. The van der Waals surface area contributed by atoms with Gasteiger partial charge in [0.05, 0.1) is 63.7 Å². The number of rotatable bonds is 37. The van der Waals surface area contributed by atoms with Crippen LogP contribution in [0.3, 0.4) is 0 Å². The molecule has 15 rings (SSSR count). The van der Waals surface area contributed by atoms with Crippen LogP contribution in [0.1, 0.15) is 189 Å². The van der Waals surface area contributed by atoms with Crippen molar-refractivity contribution in [3.63, 3.8) is 0 Å². The number of halogens is 1. The fourth-order valence-corrected chi connectivity index (χ4v) is 17.7. The van der Waals surface area contributed by atoms with Crippen molar-refractivity contribution in [2.75, 3.05) is 52.9 Å². The van der Waals surface area contributed by atoms with Crippen molar-refractivity contribution in [2.24, 2.45) is 0 Å². The largest absolute Gasteiger partial charge is 0.491 e. The van der Waals surface area contributed by atoms with Gasteiger partial charge in [0.15, 0.2) is 75.8 Å². The van der Waals surface area contributed by atoms with E-state index in [0.29, 0.717) is 71.9 Å². The lowest BCUT2D eigenvalue weighted by atomic mass is 9.64. The number of alkyl halides is 1. The van der Waals surface area contributed by atoms with E-state index >= 15 is 0 Å². The zero-order valence-corrected chi connectivity index (χ0v) is 78.7. The minimum atomic E-state index is -0.561. The van der Waals surface area contributed by atoms with Crippen LogP contribution in [0.25, 0.3) is 22.3 Å². The summed E-state index contributed by atoms with van der Waals surface area (Å²) in [6.07, 6.45) is 17.3. The van der Waals surface area contributed by atoms with Gasteiger partial charge < -0.3 is 28.4 Å². The molecule has 130 heavy (non-hydrogen) atoms. The van der Waals surface area contributed by atoms with Crippen molar-refractivity contribution < 1.29 is 46.7 Å². The van der Waals surface area contributed by atoms with Gasteiger partial charge in [-0.25, -0.2) is 18.3 Å². The maximum Gasteiger partial charge on any atom is 0.173 e. The molecule has 0 saturated carbocycles. The molecule has 0 radical (unpaired) electrons. The Morgan fingerprint density at radius 1 is 0.208 bits per heavy atom. The quantitative estimate of drug-likeness (QED) is 0.0167. The Bertz CT molecular complexity index is 5580. The van der Waals surface area contributed by atoms with Crippen molar-refractivity contribution in [3.8, 4) is 33.8 Å². The number of pyridine rings is 4. The van der Waals surface area contributed by atoms with Crippen LogP contribution < -0.4 is 27.7 Å². The summed E-state index contributed by atoms with van der Waals surface area (Å²) in [6, 6.07) is 118. The van der Waals surface area contributed by atoms with Crippen LogP contribution in [0.4, 0.5) is 0 Å². The van der Waals surface area contributed by atoms with Crippen LogP contribution in [0, 0.1) is 0 Å². The second-order valence-electron chi connectivity index (χ2n) is 38.6. The van der Waals surface area contributed by atoms with Gasteiger partial charge in [0, 0.05) is 76.7 Å². The van der Waals surface area contributed by atoms with E-state index in [2.05, 4.69) is 472 Å². The second-order valence-corrected chi connectivity index (χ2v) is 38.8. The van der Waals surface area contributed by atoms with Crippen molar-refractivity contribution in [3.05, 3.63) is 477 Å². The van der Waals surface area contributed by atoms with Crippen molar-refractivity contribution in [1.29, 1.82) is 0 Å². The molecule has 0 amide bonds. The summed E-state index contributed by atoms with van der Waals surface area (Å²) in [4.78, 5) is 0. The fraction of sp³-hybridized carbons (Fsp3) is 0.277. The first-order valence-corrected chi connectivity index (χ1v) is 46.5. The molecule has 15 aromatic rings. The molecule has 0 aliphatic rings. The van der Waals surface area contributed by atoms with E-state index in [0.717, 1.165) is 65.5 Å². The van der Waals surface area contributed by atoms with Crippen molar-refractivity contribution >= 4 is 11.6 Å². The number of aromatic nitrogens is 4. The van der Waals surface area contributed by atoms with Crippen molar-refractivity contribution in [2.45, 2.75) is 161 Å². The molecular formula is C119H127ClN4O6+4. The Labute approximate surface area is 777 Å². The summed E-state index contributed by atoms with van der Waals surface area (Å²) in [5.74, 6) is 2.06. The van der Waals surface area contributed by atoms with E-state index in [9.17, 15) is 0 Å². The van der Waals surface area contributed by atoms with Gasteiger partial charge in [-0.15, -0.1) is 11.6 Å². The van der Waals surface area contributed by atoms with Crippen LogP contribution in [-0.4, -0.2) is 52.9 Å². The van der Waals surface area contributed by atoms with Gasteiger partial charge in [0.2, 0.25) is 0 Å². The van der Waals surface area contributed by atoms with Gasteiger partial charge in [-0.2, -0.15) is 0 Å². The first-order chi connectivity index (χ1) is 62.8. The predicted octanol–water partition coefficient (Wildman–Crippen LogP) is 24.3. The second kappa shape index (κ2) is 42.1. The zero-order valence-electron chi connectivity index (χ0n) is 77.9. The highest BCUT2D eigenvalue weighted by atomic mass is 35.5. The Morgan fingerprint density at radius 3 is 0.685 bits per heavy atom. The summed E-state index contributed by atoms with van der Waals surface area (Å²) in [5, 5.41) is 0. The Balaban J connectivity index is 0.456. The summed E-state index contributed by atoms with van der Waals surface area (Å²) < 4.78 is 45.5. The van der Waals surface area contributed by atoms with Gasteiger partial charge in [-0.05, 0) is 170 Å². The summed E-state index contributed by atoms with van der Waals surface area (Å²) in [7, 11) is 0. The molecule has 0 aliphatic carbocycles. The molecule has 0 N–H and O–H groups in total. The first-order valence-electron chi connectivity index (χ1n) is 46.0. The van der Waals surface area contributed by atoms with Crippen LogP contribution in [0.5, 0.6) is 11.5 Å². The molecule has 11 aromatic carbocycles. The van der Waals surface area contributed by atoms with E-state index in [-0.39, 0.29) is 21.7 Å². The van der Waals surface area contributed by atoms with Crippen LogP contribution in [0.15, 0.2) is 371 Å². The van der Waals surface area contributed by atoms with Gasteiger partial charge in [-0.1, -0.05) is 314 Å². The Kier molecular flexibility index (Phi) is 29.9. The number of benzene rings is 11. The van der Waals surface area contributed by atoms with Crippen LogP contribution in [-0.2, 0) is 96.7 Å². The lowest BCUT2D eigenvalue weighted by Crippen LogP contribution is -2.34. The van der Waals surface area contributed by atoms with Crippen LogP contribution >= 0.6 is 11.6 Å². The molecule has 4 heterocycles. The first kappa shape index (κ1) is 92.5. The number of hydrogen-bond donors (Lipinski definition) is 0. The lowest BCUT2D eigenvalue weighted by molar-refractivity contribution is -0.689. The summed E-state index contributed by atoms with van der Waals surface area (Å²) >= 11 is 6.54. The van der Waals surface area contributed by atoms with Gasteiger partial charge in [0.25, 0.3) is 0 Å². The standard InChI is InChI=1S/C119H127ClN4O6/c1-114(2,3)100-31-39-106(40-32-100)118(104-19-15-13-16-20-104,107-41-33-101(34-42-107)115(4,5)6)110-47-51-112(52-48-110)129-77-75-125-71-73-127-87-91-27-23-89(24-28-91)83-121-63-55-96(56-64-121)98-59-67-123(68-60-98)85-94-79-93(82-120)80-95(81-94)86-124-69-61-99(62-70-124)97-57-65-122(66-58-97)84-90-25-29-92(30-26-90)88-128-74-72-126-76-78-130-113-53-49-111(50-54-113)119(105-21-17-14-18-22-105,108-43-35-102(36-44-108)116(7,8)9)109-45-37-103(38-46-109)117(10,11)12/h13-70,79-81H,71-78,82-88H2,1-12H3/q+4. The monoisotopic (exact) mass is 1740 g/mol. The molecule has 0 unspecified atom stereocenters. The molecule has 0 aliphatic heterocycles. The van der Waals surface area contributed by atoms with Gasteiger partial charge in [0.1, 0.15) is 24.7 Å². The zero-order chi connectivity index (χ0) is 90.7. The van der Waals surface area contributed by atoms with E-state index in [1.165, 1.54) is 100 Å². The molecule has 0 bridgehead atoms. The smallest absolute Gasteiger partial charge is 0.173 e. The number of nitrogens with zero attached hydrogens (tertiary/aromatic N) is 4. The maximum atomic E-state index is 6.54. The summed E-state index contributed by atoms with van der Waals surface area (Å²) in [6.45, 7) is 35.0. The predicted molar refractivity (Wildman–Crippen MR) is 526 cm³/mol. The Morgan fingerprint density at radius 2 is 0.423 bits per heavy atom. The molecule has 0 saturated heterocycles. The van der Waals surface area contributed by atoms with Gasteiger partial charge in [-0.3, -0.25) is 0 Å². The molecule has 11 heteroatoms. The van der Waals surface area contributed by atoms with Crippen molar-refractivity contribution in [1.82, 2.24) is 0 Å². The fourth-order valence-electron chi connectivity index (χ4n) is 17.6.